The average molecular weight is 751 g/mol. The molecule has 1 unspecified atom stereocenters. The summed E-state index contributed by atoms with van der Waals surface area (Å²) in [6.07, 6.45) is 13.4. The first-order valence-corrected chi connectivity index (χ1v) is 21.9. The third-order valence-corrected chi connectivity index (χ3v) is 16.9. The predicted octanol–water partition coefficient (Wildman–Crippen LogP) is 9.48. The van der Waals surface area contributed by atoms with Crippen LogP contribution in [0.4, 0.5) is 0 Å². The molecule has 4 aromatic rings. The molecule has 2 fully saturated rings. The highest BCUT2D eigenvalue weighted by molar-refractivity contribution is 7.19. The van der Waals surface area contributed by atoms with Gasteiger partial charge in [-0.25, -0.2) is 0 Å². The molecule has 1 aliphatic heterocycles. The van der Waals surface area contributed by atoms with Gasteiger partial charge in [0, 0.05) is 40.9 Å². The molecule has 6 nitrogen and oxygen atoms in total. The van der Waals surface area contributed by atoms with E-state index in [2.05, 4.69) is 136 Å². The van der Waals surface area contributed by atoms with E-state index in [0.29, 0.717) is 32.3 Å². The molecule has 0 amide bonds. The Morgan fingerprint density at radius 1 is 0.962 bits per heavy atom. The zero-order chi connectivity index (χ0) is 37.3. The number of rotatable bonds is 15. The van der Waals surface area contributed by atoms with E-state index in [1.54, 1.807) is 11.3 Å². The number of carbonyl (C=O) groups is 2. The van der Waals surface area contributed by atoms with E-state index in [0.717, 1.165) is 30.6 Å². The molecule has 0 bridgehead atoms. The van der Waals surface area contributed by atoms with Crippen molar-refractivity contribution in [3.63, 3.8) is 0 Å². The minimum Gasteiger partial charge on any atom is -0.469 e. The maximum atomic E-state index is 13.8. The summed E-state index contributed by atoms with van der Waals surface area (Å²) < 4.78 is 26.5. The Bertz CT molecular complexity index is 1770. The molecule has 53 heavy (non-hydrogen) atoms. The first-order chi connectivity index (χ1) is 25.7. The third kappa shape index (κ3) is 9.35. The van der Waals surface area contributed by atoms with Gasteiger partial charge in [0.15, 0.2) is 6.29 Å². The van der Waals surface area contributed by atoms with E-state index in [1.807, 2.05) is 0 Å². The van der Waals surface area contributed by atoms with Crippen molar-refractivity contribution in [3.8, 4) is 0 Å². The summed E-state index contributed by atoms with van der Waals surface area (Å²) in [4.78, 5) is 26.5. The average Bonchev–Trinajstić information content (AvgIpc) is 3.73. The second-order valence-corrected chi connectivity index (χ2v) is 20.6. The number of ketones is 1. The fourth-order valence-corrected chi connectivity index (χ4v) is 13.7. The van der Waals surface area contributed by atoms with E-state index in [9.17, 15) is 9.59 Å². The molecule has 6 rings (SSSR count). The lowest BCUT2D eigenvalue weighted by Gasteiger charge is -2.44. The van der Waals surface area contributed by atoms with Crippen molar-refractivity contribution in [3.05, 3.63) is 120 Å². The van der Waals surface area contributed by atoms with Crippen LogP contribution in [0.15, 0.2) is 115 Å². The lowest BCUT2D eigenvalue weighted by Crippen LogP contribution is -2.66. The van der Waals surface area contributed by atoms with Crippen molar-refractivity contribution in [2.75, 3.05) is 13.7 Å². The van der Waals surface area contributed by atoms with Crippen LogP contribution in [0.5, 0.6) is 0 Å². The molecule has 280 valence electrons. The number of hydrogen-bond acceptors (Lipinski definition) is 7. The van der Waals surface area contributed by atoms with Crippen LogP contribution in [0.25, 0.3) is 10.1 Å². The molecule has 0 spiro atoms. The highest BCUT2D eigenvalue weighted by atomic mass is 32.1. The van der Waals surface area contributed by atoms with Gasteiger partial charge in [0.2, 0.25) is 0 Å². The second kappa shape index (κ2) is 18.1. The highest BCUT2D eigenvalue weighted by Gasteiger charge is 2.52. The van der Waals surface area contributed by atoms with Crippen LogP contribution < -0.4 is 10.4 Å². The highest BCUT2D eigenvalue weighted by Crippen LogP contribution is 2.43. The Morgan fingerprint density at radius 3 is 2.30 bits per heavy atom. The first-order valence-electron chi connectivity index (χ1n) is 19.2. The molecule has 2 aliphatic rings. The largest absolute Gasteiger partial charge is 0.469 e. The molecule has 8 heteroatoms. The predicted molar refractivity (Wildman–Crippen MR) is 217 cm³/mol. The van der Waals surface area contributed by atoms with Gasteiger partial charge < -0.3 is 18.6 Å². The van der Waals surface area contributed by atoms with Crippen molar-refractivity contribution < 1.29 is 28.2 Å². The number of Topliss-reactive ketones (excluding diaryl/α,β-unsaturated/α-hetero) is 1. The summed E-state index contributed by atoms with van der Waals surface area (Å²) in [5, 5.41) is 3.42. The Balaban J connectivity index is 1.39. The number of methoxy groups -OCH3 is 1. The zero-order valence-electron chi connectivity index (χ0n) is 31.6. The molecule has 1 saturated carbocycles. The van der Waals surface area contributed by atoms with Crippen LogP contribution in [-0.4, -0.2) is 46.2 Å². The monoisotopic (exact) mass is 750 g/mol. The van der Waals surface area contributed by atoms with Crippen molar-refractivity contribution in [1.82, 2.24) is 0 Å². The molecule has 3 aromatic carbocycles. The fraction of sp³-hybridized carbons (Fsp3) is 0.422. The normalized spacial score (nSPS) is 21.8. The van der Waals surface area contributed by atoms with Gasteiger partial charge in [-0.2, -0.15) is 0 Å². The zero-order valence-corrected chi connectivity index (χ0v) is 33.4. The fourth-order valence-electron chi connectivity index (χ4n) is 7.93. The maximum absolute atomic E-state index is 13.8. The minimum atomic E-state index is -2.96. The van der Waals surface area contributed by atoms with Gasteiger partial charge in [-0.3, -0.25) is 9.59 Å². The van der Waals surface area contributed by atoms with Crippen molar-refractivity contribution in [2.45, 2.75) is 95.7 Å². The van der Waals surface area contributed by atoms with Crippen LogP contribution in [0.3, 0.4) is 0 Å². The number of carbonyl (C=O) groups excluding carboxylic acids is 2. The van der Waals surface area contributed by atoms with Gasteiger partial charge in [0.1, 0.15) is 5.78 Å². The van der Waals surface area contributed by atoms with Gasteiger partial charge in [0.25, 0.3) is 8.32 Å². The summed E-state index contributed by atoms with van der Waals surface area (Å²) in [5.41, 5.74) is 0. The first kappa shape index (κ1) is 39.0. The third-order valence-electron chi connectivity index (χ3n) is 10.7. The molecular formula is C45H54O6SSi. The van der Waals surface area contributed by atoms with Crippen LogP contribution in [-0.2, 0) is 28.2 Å². The van der Waals surface area contributed by atoms with E-state index in [-0.39, 0.29) is 47.1 Å². The number of esters is 1. The number of fused-ring (bicyclic) bond motifs is 1. The summed E-state index contributed by atoms with van der Waals surface area (Å²) >= 11 is 1.77. The SMILES string of the molecule is COC(=O)CCC/C=C/C[C@H]1C(=O)C[C@@H](OC2CCCCO2)[C@@H]1/C=C/[C@@H](O[Si](c1ccccc1)(c1ccccc1)C(C)(C)C)c1cc2ccccc2s1. The van der Waals surface area contributed by atoms with E-state index < -0.39 is 8.32 Å². The van der Waals surface area contributed by atoms with Crippen LogP contribution >= 0.6 is 11.3 Å². The molecule has 1 aliphatic carbocycles. The van der Waals surface area contributed by atoms with E-state index in [4.69, 9.17) is 18.6 Å². The van der Waals surface area contributed by atoms with E-state index >= 15 is 0 Å². The number of thiophene rings is 1. The number of hydrogen-bond donors (Lipinski definition) is 0. The lowest BCUT2D eigenvalue weighted by molar-refractivity contribution is -0.192. The maximum Gasteiger partial charge on any atom is 0.305 e. The van der Waals surface area contributed by atoms with Gasteiger partial charge in [0.05, 0.1) is 19.3 Å². The van der Waals surface area contributed by atoms with Crippen molar-refractivity contribution in [1.29, 1.82) is 0 Å². The van der Waals surface area contributed by atoms with E-state index in [1.165, 1.54) is 27.6 Å². The van der Waals surface area contributed by atoms with Gasteiger partial charge in [-0.1, -0.05) is 124 Å². The number of unbranched alkanes of at least 4 members (excludes halogenated alkanes) is 1. The topological polar surface area (TPSA) is 71.1 Å². The van der Waals surface area contributed by atoms with Crippen LogP contribution in [0, 0.1) is 11.8 Å². The second-order valence-electron chi connectivity index (χ2n) is 15.3. The standard InChI is InChI=1S/C45H54O6SSi/c1-45(2,3)53(34-20-9-7-10-21-34,35-22-11-8-12-23-35)51-39(42-31-33-19-15-16-25-41(33)52-42)29-28-37-36(24-13-5-6-14-26-43(47)48-4)38(46)32-40(37)50-44-27-17-18-30-49-44/h5,7-13,15-16,19-23,25,28-29,31,36-37,39-40,44H,6,14,17-18,24,26-27,30,32H2,1-4H3/b13-5+,29-28+/t36-,37-,39-,40-,44?/m1/s1. The van der Waals surface area contributed by atoms with Gasteiger partial charge >= 0.3 is 5.97 Å². The summed E-state index contributed by atoms with van der Waals surface area (Å²) in [6.45, 7) is 7.61. The molecule has 1 aromatic heterocycles. The lowest BCUT2D eigenvalue weighted by atomic mass is 9.90. The summed E-state index contributed by atoms with van der Waals surface area (Å²) in [6, 6.07) is 32.3. The Morgan fingerprint density at radius 2 is 1.66 bits per heavy atom. The van der Waals surface area contributed by atoms with Gasteiger partial charge in [-0.15, -0.1) is 11.3 Å². The molecular weight excluding hydrogens is 697 g/mol. The smallest absolute Gasteiger partial charge is 0.305 e. The molecule has 0 N–H and O–H groups in total. The Hall–Kier alpha value is -3.66. The van der Waals surface area contributed by atoms with Crippen LogP contribution in [0.1, 0.15) is 83.1 Å². The van der Waals surface area contributed by atoms with Crippen molar-refractivity contribution >= 4 is 51.9 Å². The quantitative estimate of drug-likeness (QED) is 0.0522. The Kier molecular flexibility index (Phi) is 13.3. The van der Waals surface area contributed by atoms with Crippen molar-refractivity contribution in [2.24, 2.45) is 11.8 Å². The van der Waals surface area contributed by atoms with Crippen LogP contribution in [0.2, 0.25) is 5.04 Å². The summed E-state index contributed by atoms with van der Waals surface area (Å²) in [5.74, 6) is -0.362. The molecule has 5 atom stereocenters. The number of allylic oxidation sites excluding steroid dienone is 2. The summed E-state index contributed by atoms with van der Waals surface area (Å²) in [7, 11) is -1.54. The minimum absolute atomic E-state index is 0.146. The molecule has 1 saturated heterocycles. The number of benzene rings is 3. The molecule has 2 heterocycles. The Labute approximate surface area is 320 Å². The van der Waals surface area contributed by atoms with Gasteiger partial charge in [-0.05, 0) is 71.5 Å². The number of ether oxygens (including phenoxy) is 3. The molecule has 0 radical (unpaired) electrons.